The average Bonchev–Trinajstić information content (AvgIpc) is 3.10. The Bertz CT molecular complexity index is 418. The Hall–Kier alpha value is -0.673. The van der Waals surface area contributed by atoms with Gasteiger partial charge < -0.3 is 4.74 Å². The molecule has 0 radical (unpaired) electrons. The van der Waals surface area contributed by atoms with Crippen LogP contribution in [0, 0.1) is 5.92 Å². The monoisotopic (exact) mass is 275 g/mol. The van der Waals surface area contributed by atoms with Gasteiger partial charge >= 0.3 is 0 Å². The van der Waals surface area contributed by atoms with Gasteiger partial charge in [-0.15, -0.1) is 0 Å². The van der Waals surface area contributed by atoms with Gasteiger partial charge in [0.15, 0.2) is 0 Å². The van der Waals surface area contributed by atoms with E-state index in [1.54, 1.807) is 0 Å². The summed E-state index contributed by atoms with van der Waals surface area (Å²) in [6.07, 6.45) is 13.7. The van der Waals surface area contributed by atoms with Crippen LogP contribution in [-0.4, -0.2) is 32.9 Å². The summed E-state index contributed by atoms with van der Waals surface area (Å²) in [5.74, 6) is 0.864. The Morgan fingerprint density at radius 3 is 2.74 bits per heavy atom. The molecule has 3 aliphatic heterocycles. The van der Waals surface area contributed by atoms with Gasteiger partial charge in [-0.05, 0) is 23.5 Å². The minimum Gasteiger partial charge on any atom is -0.373 e. The molecule has 3 heteroatoms. The smallest absolute Gasteiger partial charge is 0.0833 e. The Morgan fingerprint density at radius 1 is 1.32 bits per heavy atom. The molecule has 0 amide bonds. The van der Waals surface area contributed by atoms with E-state index in [1.807, 2.05) is 6.21 Å². The summed E-state index contributed by atoms with van der Waals surface area (Å²) in [6.45, 7) is 8.31. The van der Waals surface area contributed by atoms with Crippen molar-refractivity contribution in [1.82, 2.24) is 0 Å². The molecule has 4 atom stereocenters. The highest BCUT2D eigenvalue weighted by Gasteiger charge is 2.52. The lowest BCUT2D eigenvalue weighted by Gasteiger charge is -2.39. The fourth-order valence-electron chi connectivity index (χ4n) is 4.31. The van der Waals surface area contributed by atoms with Crippen molar-refractivity contribution in [2.75, 3.05) is 6.61 Å². The molecule has 2 fully saturated rings. The van der Waals surface area contributed by atoms with Crippen LogP contribution in [0.15, 0.2) is 29.3 Å². The third-order valence-electron chi connectivity index (χ3n) is 5.02. The van der Waals surface area contributed by atoms with Gasteiger partial charge in [0.1, 0.15) is 0 Å². The molecule has 3 aliphatic rings. The number of epoxide rings is 1. The summed E-state index contributed by atoms with van der Waals surface area (Å²) in [5.41, 5.74) is 0. The summed E-state index contributed by atoms with van der Waals surface area (Å²) in [6, 6.07) is 1.42. The maximum Gasteiger partial charge on any atom is 0.0833 e. The largest absolute Gasteiger partial charge is 0.373 e. The molecule has 2 nitrogen and oxygen atoms in total. The van der Waals surface area contributed by atoms with E-state index >= 15 is 0 Å². The lowest BCUT2D eigenvalue weighted by atomic mass is 10.0. The molecular weight excluding hydrogens is 250 g/mol. The third-order valence-corrected chi connectivity index (χ3v) is 10.2. The number of ether oxygens (including phenoxy) is 1. The molecule has 104 valence electrons. The first kappa shape index (κ1) is 13.3. The van der Waals surface area contributed by atoms with Gasteiger partial charge in [-0.3, -0.25) is 4.99 Å². The lowest BCUT2D eigenvalue weighted by molar-refractivity contribution is 0.379. The van der Waals surface area contributed by atoms with Crippen LogP contribution >= 0.6 is 0 Å². The van der Waals surface area contributed by atoms with Crippen LogP contribution in [-0.2, 0) is 4.74 Å². The molecule has 4 unspecified atom stereocenters. The zero-order valence-electron chi connectivity index (χ0n) is 12.3. The summed E-state index contributed by atoms with van der Waals surface area (Å²) in [4.78, 5) is 5.03. The molecule has 0 bridgehead atoms. The maximum absolute atomic E-state index is 5.53. The summed E-state index contributed by atoms with van der Waals surface area (Å²) in [5, 5.41) is 0.583. The van der Waals surface area contributed by atoms with Gasteiger partial charge in [0.2, 0.25) is 0 Å². The van der Waals surface area contributed by atoms with Crippen LogP contribution in [0.2, 0.25) is 11.1 Å². The molecule has 0 spiro atoms. The normalized spacial score (nSPS) is 43.4. The van der Waals surface area contributed by atoms with E-state index in [2.05, 4.69) is 45.1 Å². The topological polar surface area (TPSA) is 24.9 Å². The minimum absolute atomic E-state index is 0.0823. The minimum atomic E-state index is -1.01. The highest BCUT2D eigenvalue weighted by molar-refractivity contribution is 6.67. The number of hydrogen-bond donors (Lipinski definition) is 0. The maximum atomic E-state index is 5.53. The first-order valence-corrected chi connectivity index (χ1v) is 9.50. The molecule has 3 rings (SSSR count). The summed E-state index contributed by atoms with van der Waals surface area (Å²) < 4.78 is 5.53. The molecule has 0 aromatic rings. The Balaban J connectivity index is 1.94. The molecular formula is C16H25NOSi. The van der Waals surface area contributed by atoms with Gasteiger partial charge in [-0.1, -0.05) is 45.0 Å². The highest BCUT2D eigenvalue weighted by atomic mass is 28.3. The summed E-state index contributed by atoms with van der Waals surface area (Å²) >= 11 is 0. The zero-order chi connectivity index (χ0) is 13.5. The predicted octanol–water partition coefficient (Wildman–Crippen LogP) is 3.30. The van der Waals surface area contributed by atoms with Gasteiger partial charge in [0.25, 0.3) is 0 Å². The highest BCUT2D eigenvalue weighted by Crippen LogP contribution is 2.53. The molecule has 2 saturated heterocycles. The summed E-state index contributed by atoms with van der Waals surface area (Å²) in [7, 11) is -1.01. The van der Waals surface area contributed by atoms with Crippen molar-refractivity contribution < 1.29 is 4.74 Å². The quantitative estimate of drug-likeness (QED) is 0.573. The van der Waals surface area contributed by atoms with Gasteiger partial charge in [0, 0.05) is 12.6 Å². The van der Waals surface area contributed by atoms with Crippen molar-refractivity contribution in [1.29, 1.82) is 0 Å². The SMILES string of the molecule is CC1C[SiH](C2(CC3CO3)C=CC=CC=N2)C(C)(C)C1. The van der Waals surface area contributed by atoms with Gasteiger partial charge in [-0.2, -0.15) is 0 Å². The van der Waals surface area contributed by atoms with Crippen molar-refractivity contribution >= 4 is 15.0 Å². The van der Waals surface area contributed by atoms with E-state index in [0.717, 1.165) is 18.9 Å². The van der Waals surface area contributed by atoms with Crippen LogP contribution in [0.4, 0.5) is 0 Å². The third kappa shape index (κ3) is 2.63. The lowest BCUT2D eigenvalue weighted by Crippen LogP contribution is -2.47. The van der Waals surface area contributed by atoms with Crippen LogP contribution in [0.5, 0.6) is 0 Å². The number of nitrogens with zero attached hydrogens (tertiary/aromatic N) is 1. The van der Waals surface area contributed by atoms with Crippen molar-refractivity contribution in [3.05, 3.63) is 24.3 Å². The van der Waals surface area contributed by atoms with E-state index in [1.165, 1.54) is 12.5 Å². The first-order valence-electron chi connectivity index (χ1n) is 7.53. The van der Waals surface area contributed by atoms with Crippen molar-refractivity contribution in [2.45, 2.75) is 56.0 Å². The molecule has 0 aliphatic carbocycles. The fraction of sp³-hybridized carbons (Fsp3) is 0.688. The van der Waals surface area contributed by atoms with Crippen LogP contribution in [0.1, 0.15) is 33.6 Å². The molecule has 0 saturated carbocycles. The van der Waals surface area contributed by atoms with Crippen LogP contribution in [0.25, 0.3) is 0 Å². The van der Waals surface area contributed by atoms with E-state index in [9.17, 15) is 0 Å². The number of aliphatic imine (C=N–C) groups is 1. The Morgan fingerprint density at radius 2 is 2.11 bits per heavy atom. The second kappa shape index (κ2) is 4.71. The van der Waals surface area contributed by atoms with E-state index in [0.29, 0.717) is 11.1 Å². The fourth-order valence-corrected chi connectivity index (χ4v) is 9.52. The molecule has 0 N–H and O–H groups in total. The van der Waals surface area contributed by atoms with Gasteiger partial charge in [-0.25, -0.2) is 0 Å². The van der Waals surface area contributed by atoms with E-state index in [-0.39, 0.29) is 5.16 Å². The standard InChI is InChI=1S/C16H25NOSi/c1-13-9-15(2,3)19(12-13)16(10-14-11-18-14)7-5-4-6-8-17-16/h4-8,13-14,19H,9-12H2,1-3H3. The van der Waals surface area contributed by atoms with Crippen molar-refractivity contribution in [3.8, 4) is 0 Å². The number of allylic oxidation sites excluding steroid dienone is 3. The number of hydrogen-bond acceptors (Lipinski definition) is 2. The van der Waals surface area contributed by atoms with E-state index < -0.39 is 8.80 Å². The van der Waals surface area contributed by atoms with Crippen molar-refractivity contribution in [2.24, 2.45) is 10.9 Å². The van der Waals surface area contributed by atoms with E-state index in [4.69, 9.17) is 9.73 Å². The Kier molecular flexibility index (Phi) is 3.30. The molecule has 19 heavy (non-hydrogen) atoms. The second-order valence-corrected chi connectivity index (χ2v) is 11.4. The first-order chi connectivity index (χ1) is 9.02. The predicted molar refractivity (Wildman–Crippen MR) is 83.6 cm³/mol. The number of rotatable bonds is 3. The molecule has 3 heterocycles. The molecule has 0 aromatic carbocycles. The molecule has 0 aromatic heterocycles. The van der Waals surface area contributed by atoms with Gasteiger partial charge in [0.05, 0.1) is 26.7 Å². The Labute approximate surface area is 118 Å². The second-order valence-electron chi connectivity index (χ2n) is 7.26. The van der Waals surface area contributed by atoms with Crippen molar-refractivity contribution in [3.63, 3.8) is 0 Å². The zero-order valence-corrected chi connectivity index (χ0v) is 13.5. The van der Waals surface area contributed by atoms with Crippen LogP contribution < -0.4 is 0 Å². The average molecular weight is 275 g/mol. The van der Waals surface area contributed by atoms with Crippen LogP contribution in [0.3, 0.4) is 0 Å².